The van der Waals surface area contributed by atoms with Gasteiger partial charge in [0, 0.05) is 25.2 Å². The van der Waals surface area contributed by atoms with Crippen molar-refractivity contribution in [2.24, 2.45) is 0 Å². The van der Waals surface area contributed by atoms with E-state index in [1.54, 1.807) is 6.92 Å². The summed E-state index contributed by atoms with van der Waals surface area (Å²) in [6.45, 7) is 7.54. The van der Waals surface area contributed by atoms with Crippen LogP contribution in [-0.4, -0.2) is 47.2 Å². The number of hydrogen-bond donors (Lipinski definition) is 2. The Hall–Kier alpha value is -0.610. The standard InChI is InChI=1S/C9H18N2O2/c1-6-4-11(5-7(2)10-6)8(3)9(12)13/h6-8,10H,4-5H2,1-3H3,(H,12,13)/t6-,7+,8?. The van der Waals surface area contributed by atoms with Gasteiger partial charge in [0.15, 0.2) is 0 Å². The van der Waals surface area contributed by atoms with Crippen LogP contribution in [0.25, 0.3) is 0 Å². The Morgan fingerprint density at radius 3 is 2.31 bits per heavy atom. The van der Waals surface area contributed by atoms with Gasteiger partial charge in [0.2, 0.25) is 0 Å². The number of nitrogens with one attached hydrogen (secondary N) is 1. The van der Waals surface area contributed by atoms with Crippen LogP contribution in [0.1, 0.15) is 20.8 Å². The highest BCUT2D eigenvalue weighted by Crippen LogP contribution is 2.08. The summed E-state index contributed by atoms with van der Waals surface area (Å²) in [5.74, 6) is -0.735. The minimum absolute atomic E-state index is 0.369. The molecule has 1 aliphatic rings. The molecule has 0 aromatic carbocycles. The third kappa shape index (κ3) is 2.67. The summed E-state index contributed by atoms with van der Waals surface area (Å²) < 4.78 is 0. The molecule has 1 unspecified atom stereocenters. The van der Waals surface area contributed by atoms with E-state index in [9.17, 15) is 4.79 Å². The van der Waals surface area contributed by atoms with E-state index >= 15 is 0 Å². The van der Waals surface area contributed by atoms with E-state index in [4.69, 9.17) is 5.11 Å². The molecule has 0 saturated carbocycles. The fourth-order valence-corrected chi connectivity index (χ4v) is 1.84. The van der Waals surface area contributed by atoms with Crippen LogP contribution in [0.2, 0.25) is 0 Å². The van der Waals surface area contributed by atoms with Gasteiger partial charge in [0.05, 0.1) is 0 Å². The molecule has 0 spiro atoms. The van der Waals surface area contributed by atoms with Crippen LogP contribution in [0.4, 0.5) is 0 Å². The molecule has 13 heavy (non-hydrogen) atoms. The third-order valence-corrected chi connectivity index (χ3v) is 2.49. The average molecular weight is 186 g/mol. The zero-order valence-electron chi connectivity index (χ0n) is 8.45. The molecular weight excluding hydrogens is 168 g/mol. The van der Waals surface area contributed by atoms with Gasteiger partial charge < -0.3 is 10.4 Å². The van der Waals surface area contributed by atoms with Crippen molar-refractivity contribution in [1.29, 1.82) is 0 Å². The molecule has 2 N–H and O–H groups in total. The van der Waals surface area contributed by atoms with E-state index < -0.39 is 5.97 Å². The average Bonchev–Trinajstić information content (AvgIpc) is 2.01. The van der Waals surface area contributed by atoms with E-state index in [2.05, 4.69) is 19.2 Å². The summed E-state index contributed by atoms with van der Waals surface area (Å²) in [4.78, 5) is 12.8. The number of rotatable bonds is 2. The molecule has 1 heterocycles. The first-order chi connectivity index (χ1) is 6.00. The van der Waals surface area contributed by atoms with E-state index in [0.717, 1.165) is 13.1 Å². The number of carbonyl (C=O) groups is 1. The van der Waals surface area contributed by atoms with Gasteiger partial charge in [-0.3, -0.25) is 9.69 Å². The Morgan fingerprint density at radius 2 is 1.92 bits per heavy atom. The number of nitrogens with zero attached hydrogens (tertiary/aromatic N) is 1. The van der Waals surface area contributed by atoms with Crippen molar-refractivity contribution >= 4 is 5.97 Å². The molecule has 0 aromatic rings. The molecule has 0 radical (unpaired) electrons. The largest absolute Gasteiger partial charge is 0.480 e. The first kappa shape index (κ1) is 10.5. The summed E-state index contributed by atoms with van der Waals surface area (Å²) >= 11 is 0. The van der Waals surface area contributed by atoms with Crippen molar-refractivity contribution in [2.45, 2.75) is 38.9 Å². The summed E-state index contributed by atoms with van der Waals surface area (Å²) in [6.07, 6.45) is 0. The van der Waals surface area contributed by atoms with Gasteiger partial charge in [0.1, 0.15) is 6.04 Å². The molecular formula is C9H18N2O2. The van der Waals surface area contributed by atoms with Crippen LogP contribution >= 0.6 is 0 Å². The SMILES string of the molecule is CC(C(=O)O)N1C[C@@H](C)N[C@@H](C)C1. The minimum atomic E-state index is -0.735. The Balaban J connectivity index is 2.54. The van der Waals surface area contributed by atoms with Crippen molar-refractivity contribution in [1.82, 2.24) is 10.2 Å². The third-order valence-electron chi connectivity index (χ3n) is 2.49. The van der Waals surface area contributed by atoms with Crippen molar-refractivity contribution in [2.75, 3.05) is 13.1 Å². The van der Waals surface area contributed by atoms with Gasteiger partial charge >= 0.3 is 5.97 Å². The number of piperazine rings is 1. The van der Waals surface area contributed by atoms with Crippen LogP contribution in [-0.2, 0) is 4.79 Å². The molecule has 4 nitrogen and oxygen atoms in total. The summed E-state index contributed by atoms with van der Waals surface area (Å²) in [5.41, 5.74) is 0. The van der Waals surface area contributed by atoms with Crippen molar-refractivity contribution in [3.8, 4) is 0 Å². The van der Waals surface area contributed by atoms with E-state index in [1.807, 2.05) is 4.90 Å². The van der Waals surface area contributed by atoms with Crippen molar-refractivity contribution < 1.29 is 9.90 Å². The van der Waals surface area contributed by atoms with Crippen molar-refractivity contribution in [3.05, 3.63) is 0 Å². The van der Waals surface area contributed by atoms with Crippen LogP contribution in [0.5, 0.6) is 0 Å². The molecule has 1 rings (SSSR count). The summed E-state index contributed by atoms with van der Waals surface area (Å²) in [5, 5.41) is 12.2. The molecule has 0 aliphatic carbocycles. The lowest BCUT2D eigenvalue weighted by molar-refractivity contribution is -0.143. The maximum atomic E-state index is 10.7. The number of carboxylic acids is 1. The molecule has 0 bridgehead atoms. The highest BCUT2D eigenvalue weighted by atomic mass is 16.4. The number of aliphatic carboxylic acids is 1. The van der Waals surface area contributed by atoms with Gasteiger partial charge in [-0.1, -0.05) is 0 Å². The highest BCUT2D eigenvalue weighted by molar-refractivity contribution is 5.72. The Labute approximate surface area is 78.9 Å². The van der Waals surface area contributed by atoms with Crippen LogP contribution in [0, 0.1) is 0 Å². The predicted octanol–water partition coefficient (Wildman–Crippen LogP) is 0.142. The zero-order chi connectivity index (χ0) is 10.0. The molecule has 1 saturated heterocycles. The summed E-state index contributed by atoms with van der Waals surface area (Å²) in [7, 11) is 0. The fraction of sp³-hybridized carbons (Fsp3) is 0.889. The molecule has 0 amide bonds. The fourth-order valence-electron chi connectivity index (χ4n) is 1.84. The van der Waals surface area contributed by atoms with Crippen LogP contribution < -0.4 is 5.32 Å². The Morgan fingerprint density at radius 1 is 1.46 bits per heavy atom. The lowest BCUT2D eigenvalue weighted by Gasteiger charge is -2.38. The molecule has 76 valence electrons. The molecule has 3 atom stereocenters. The van der Waals surface area contributed by atoms with Gasteiger partial charge in [-0.15, -0.1) is 0 Å². The zero-order valence-corrected chi connectivity index (χ0v) is 8.45. The normalized spacial score (nSPS) is 32.8. The molecule has 4 heteroatoms. The molecule has 0 aromatic heterocycles. The lowest BCUT2D eigenvalue weighted by Crippen LogP contribution is -2.57. The first-order valence-electron chi connectivity index (χ1n) is 4.73. The number of hydrogen-bond acceptors (Lipinski definition) is 3. The second-order valence-corrected chi connectivity index (χ2v) is 3.94. The predicted molar refractivity (Wildman–Crippen MR) is 50.7 cm³/mol. The molecule has 1 aliphatic heterocycles. The van der Waals surface area contributed by atoms with Gasteiger partial charge in [-0.25, -0.2) is 0 Å². The van der Waals surface area contributed by atoms with Gasteiger partial charge in [-0.05, 0) is 20.8 Å². The van der Waals surface area contributed by atoms with Crippen LogP contribution in [0.15, 0.2) is 0 Å². The second-order valence-electron chi connectivity index (χ2n) is 3.94. The number of carboxylic acid groups (broad SMARTS) is 1. The first-order valence-corrected chi connectivity index (χ1v) is 4.73. The minimum Gasteiger partial charge on any atom is -0.480 e. The smallest absolute Gasteiger partial charge is 0.320 e. The maximum Gasteiger partial charge on any atom is 0.320 e. The van der Waals surface area contributed by atoms with E-state index in [-0.39, 0.29) is 6.04 Å². The van der Waals surface area contributed by atoms with E-state index in [0.29, 0.717) is 12.1 Å². The van der Waals surface area contributed by atoms with Gasteiger partial charge in [0.25, 0.3) is 0 Å². The highest BCUT2D eigenvalue weighted by Gasteiger charge is 2.27. The quantitative estimate of drug-likeness (QED) is 0.644. The van der Waals surface area contributed by atoms with Crippen LogP contribution in [0.3, 0.4) is 0 Å². The van der Waals surface area contributed by atoms with Crippen molar-refractivity contribution in [3.63, 3.8) is 0 Å². The monoisotopic (exact) mass is 186 g/mol. The topological polar surface area (TPSA) is 52.6 Å². The Kier molecular flexibility index (Phi) is 3.27. The lowest BCUT2D eigenvalue weighted by atomic mass is 10.1. The summed E-state index contributed by atoms with van der Waals surface area (Å²) in [6, 6.07) is 0.392. The second kappa shape index (κ2) is 4.07. The molecule has 1 fully saturated rings. The Bertz CT molecular complexity index is 186. The maximum absolute atomic E-state index is 10.7. The van der Waals surface area contributed by atoms with Gasteiger partial charge in [-0.2, -0.15) is 0 Å². The van der Waals surface area contributed by atoms with E-state index in [1.165, 1.54) is 0 Å².